The van der Waals surface area contributed by atoms with Crippen LogP contribution < -0.4 is 5.32 Å². The van der Waals surface area contributed by atoms with Crippen molar-refractivity contribution in [2.45, 2.75) is 0 Å². The molecule has 1 heterocycles. The second-order valence-electron chi connectivity index (χ2n) is 2.51. The molecule has 0 spiro atoms. The molecule has 14 heavy (non-hydrogen) atoms. The fourth-order valence-electron chi connectivity index (χ4n) is 0.807. The summed E-state index contributed by atoms with van der Waals surface area (Å²) in [7, 11) is 0. The van der Waals surface area contributed by atoms with E-state index in [0.29, 0.717) is 17.0 Å². The van der Waals surface area contributed by atoms with Crippen LogP contribution in [-0.2, 0) is 4.79 Å². The molecule has 0 atom stereocenters. The summed E-state index contributed by atoms with van der Waals surface area (Å²) >= 11 is 3.17. The second-order valence-corrected chi connectivity index (χ2v) is 3.29. The topological polar surface area (TPSA) is 42.2 Å². The number of carbonyl (C=O) groups is 1. The lowest BCUT2D eigenvalue weighted by Gasteiger charge is -1.93. The predicted molar refractivity (Wildman–Crippen MR) is 58.6 cm³/mol. The minimum Gasteiger partial charge on any atom is -0.450 e. The van der Waals surface area contributed by atoms with Gasteiger partial charge in [0.1, 0.15) is 5.76 Å². The molecule has 74 valence electrons. The van der Waals surface area contributed by atoms with E-state index < -0.39 is 0 Å². The van der Waals surface area contributed by atoms with Crippen LogP contribution in [0.5, 0.6) is 0 Å². The molecule has 0 saturated carbocycles. The third-order valence-electron chi connectivity index (χ3n) is 1.41. The third-order valence-corrected chi connectivity index (χ3v) is 1.84. The Morgan fingerprint density at radius 3 is 3.00 bits per heavy atom. The molecule has 0 fully saturated rings. The number of carbonyl (C=O) groups excluding carboxylic acids is 1. The van der Waals surface area contributed by atoms with Gasteiger partial charge in [0.15, 0.2) is 4.67 Å². The number of furan rings is 1. The number of hydrogen-bond acceptors (Lipinski definition) is 2. The molecular formula is C10H10BrNO2. The van der Waals surface area contributed by atoms with E-state index in [1.807, 2.05) is 0 Å². The lowest BCUT2D eigenvalue weighted by molar-refractivity contribution is -0.116. The Hall–Kier alpha value is -1.29. The zero-order valence-electron chi connectivity index (χ0n) is 7.50. The smallest absolute Gasteiger partial charge is 0.244 e. The summed E-state index contributed by atoms with van der Waals surface area (Å²) in [5.41, 5.74) is 0. The average molecular weight is 256 g/mol. The fraction of sp³-hybridized carbons (Fsp3) is 0.100. The van der Waals surface area contributed by atoms with Crippen LogP contribution in [0.25, 0.3) is 6.08 Å². The first-order chi connectivity index (χ1) is 6.72. The Balaban J connectivity index is 2.47. The zero-order valence-corrected chi connectivity index (χ0v) is 9.08. The van der Waals surface area contributed by atoms with Gasteiger partial charge in [-0.1, -0.05) is 6.08 Å². The lowest BCUT2D eigenvalue weighted by atomic mass is 10.4. The monoisotopic (exact) mass is 255 g/mol. The number of rotatable bonds is 4. The first-order valence-corrected chi connectivity index (χ1v) is 4.84. The largest absolute Gasteiger partial charge is 0.450 e. The summed E-state index contributed by atoms with van der Waals surface area (Å²) in [4.78, 5) is 11.1. The molecule has 3 nitrogen and oxygen atoms in total. The molecule has 1 N–H and O–H groups in total. The van der Waals surface area contributed by atoms with Crippen molar-refractivity contribution in [2.24, 2.45) is 0 Å². The van der Waals surface area contributed by atoms with E-state index in [1.54, 1.807) is 24.3 Å². The van der Waals surface area contributed by atoms with E-state index in [0.717, 1.165) is 0 Å². The van der Waals surface area contributed by atoms with Crippen molar-refractivity contribution in [3.8, 4) is 0 Å². The summed E-state index contributed by atoms with van der Waals surface area (Å²) in [6.45, 7) is 3.95. The summed E-state index contributed by atoms with van der Waals surface area (Å²) in [6, 6.07) is 3.53. The first kappa shape index (κ1) is 10.8. The van der Waals surface area contributed by atoms with Gasteiger partial charge in [-0.2, -0.15) is 0 Å². The quantitative estimate of drug-likeness (QED) is 0.663. The third kappa shape index (κ3) is 3.62. The van der Waals surface area contributed by atoms with Crippen LogP contribution in [0.15, 0.2) is 40.0 Å². The summed E-state index contributed by atoms with van der Waals surface area (Å²) < 4.78 is 5.81. The number of halogens is 1. The highest BCUT2D eigenvalue weighted by molar-refractivity contribution is 9.10. The maximum Gasteiger partial charge on any atom is 0.244 e. The van der Waals surface area contributed by atoms with Gasteiger partial charge in [0.2, 0.25) is 5.91 Å². The maximum absolute atomic E-state index is 11.1. The minimum atomic E-state index is -0.169. The predicted octanol–water partition coefficient (Wildman–Crippen LogP) is 2.36. The van der Waals surface area contributed by atoms with Crippen LogP contribution in [0.3, 0.4) is 0 Å². The molecule has 4 heteroatoms. The van der Waals surface area contributed by atoms with Crippen LogP contribution in [-0.4, -0.2) is 12.5 Å². The van der Waals surface area contributed by atoms with Gasteiger partial charge in [0, 0.05) is 12.6 Å². The maximum atomic E-state index is 11.1. The lowest BCUT2D eigenvalue weighted by Crippen LogP contribution is -2.20. The molecule has 1 aromatic heterocycles. The van der Waals surface area contributed by atoms with Crippen LogP contribution in [0.4, 0.5) is 0 Å². The summed E-state index contributed by atoms with van der Waals surface area (Å²) in [6.07, 6.45) is 4.63. The molecule has 1 amide bonds. The summed E-state index contributed by atoms with van der Waals surface area (Å²) in [5.74, 6) is 0.461. The highest BCUT2D eigenvalue weighted by Crippen LogP contribution is 2.14. The van der Waals surface area contributed by atoms with Gasteiger partial charge < -0.3 is 9.73 Å². The highest BCUT2D eigenvalue weighted by Gasteiger charge is 1.96. The van der Waals surface area contributed by atoms with Crippen LogP contribution in [0, 0.1) is 0 Å². The van der Waals surface area contributed by atoms with E-state index in [2.05, 4.69) is 27.8 Å². The molecule has 0 aromatic carbocycles. The number of amides is 1. The number of hydrogen-bond donors (Lipinski definition) is 1. The van der Waals surface area contributed by atoms with Gasteiger partial charge in [0.25, 0.3) is 0 Å². The Bertz CT molecular complexity index is 355. The Morgan fingerprint density at radius 2 is 2.43 bits per heavy atom. The van der Waals surface area contributed by atoms with E-state index in [4.69, 9.17) is 4.42 Å². The molecule has 0 bridgehead atoms. The van der Waals surface area contributed by atoms with Crippen molar-refractivity contribution in [3.63, 3.8) is 0 Å². The van der Waals surface area contributed by atoms with Crippen molar-refractivity contribution in [3.05, 3.63) is 41.3 Å². The molecular weight excluding hydrogens is 246 g/mol. The molecule has 1 aromatic rings. The molecule has 0 aliphatic rings. The van der Waals surface area contributed by atoms with E-state index in [9.17, 15) is 4.79 Å². The average Bonchev–Trinajstić information content (AvgIpc) is 2.58. The van der Waals surface area contributed by atoms with E-state index >= 15 is 0 Å². The van der Waals surface area contributed by atoms with Gasteiger partial charge in [-0.3, -0.25) is 4.79 Å². The van der Waals surface area contributed by atoms with Gasteiger partial charge in [-0.25, -0.2) is 0 Å². The van der Waals surface area contributed by atoms with Gasteiger partial charge >= 0.3 is 0 Å². The first-order valence-electron chi connectivity index (χ1n) is 4.04. The zero-order chi connectivity index (χ0) is 10.4. The highest BCUT2D eigenvalue weighted by atomic mass is 79.9. The molecule has 0 aliphatic heterocycles. The van der Waals surface area contributed by atoms with Crippen molar-refractivity contribution in [1.82, 2.24) is 5.32 Å². The minimum absolute atomic E-state index is 0.169. The molecule has 0 radical (unpaired) electrons. The Kier molecular flexibility index (Phi) is 4.19. The SMILES string of the molecule is C=CCNC(=O)C=Cc1ccc(Br)o1. The van der Waals surface area contributed by atoms with Crippen LogP contribution in [0.1, 0.15) is 5.76 Å². The van der Waals surface area contributed by atoms with Crippen LogP contribution in [0.2, 0.25) is 0 Å². The fourth-order valence-corrected chi connectivity index (χ4v) is 1.13. The number of nitrogens with one attached hydrogen (secondary N) is 1. The molecule has 1 rings (SSSR count). The van der Waals surface area contributed by atoms with Crippen molar-refractivity contribution >= 4 is 27.9 Å². The van der Waals surface area contributed by atoms with Gasteiger partial charge in [-0.05, 0) is 34.1 Å². The Labute approximate surface area is 90.6 Å². The van der Waals surface area contributed by atoms with Crippen molar-refractivity contribution in [2.75, 3.05) is 6.54 Å². The standard InChI is InChI=1S/C10H10BrNO2/c1-2-7-12-10(13)6-4-8-3-5-9(11)14-8/h2-6H,1,7H2,(H,12,13). The van der Waals surface area contributed by atoms with Crippen molar-refractivity contribution < 1.29 is 9.21 Å². The normalized spacial score (nSPS) is 10.4. The Morgan fingerprint density at radius 1 is 1.64 bits per heavy atom. The molecule has 0 saturated heterocycles. The van der Waals surface area contributed by atoms with Crippen molar-refractivity contribution in [1.29, 1.82) is 0 Å². The van der Waals surface area contributed by atoms with E-state index in [-0.39, 0.29) is 5.91 Å². The summed E-state index contributed by atoms with van der Waals surface area (Å²) in [5, 5.41) is 2.61. The molecule has 0 unspecified atom stereocenters. The van der Waals surface area contributed by atoms with Crippen LogP contribution >= 0.6 is 15.9 Å². The molecule has 0 aliphatic carbocycles. The van der Waals surface area contributed by atoms with Gasteiger partial charge in [-0.15, -0.1) is 6.58 Å². The second kappa shape index (κ2) is 5.44. The van der Waals surface area contributed by atoms with Gasteiger partial charge in [0.05, 0.1) is 0 Å². The van der Waals surface area contributed by atoms with E-state index in [1.165, 1.54) is 6.08 Å².